The van der Waals surface area contributed by atoms with Crippen molar-refractivity contribution in [3.05, 3.63) is 47.8 Å². The zero-order chi connectivity index (χ0) is 17.6. The normalized spacial score (nSPS) is 16.3. The first-order chi connectivity index (χ1) is 12.3. The average Bonchev–Trinajstić information content (AvgIpc) is 2.69. The van der Waals surface area contributed by atoms with Crippen molar-refractivity contribution >= 4 is 0 Å². The minimum absolute atomic E-state index is 0.0468. The van der Waals surface area contributed by atoms with Crippen LogP contribution in [0.15, 0.2) is 36.7 Å². The second-order valence-corrected chi connectivity index (χ2v) is 5.90. The number of aromatic nitrogens is 1. The van der Waals surface area contributed by atoms with Gasteiger partial charge in [-0.1, -0.05) is 6.07 Å². The van der Waals surface area contributed by atoms with Crippen LogP contribution in [0.3, 0.4) is 0 Å². The molecular formula is C19H25N3O3. The number of hydrogen-bond donors (Lipinski definition) is 1. The molecule has 1 aliphatic heterocycles. The van der Waals surface area contributed by atoms with E-state index in [1.165, 1.54) is 0 Å². The van der Waals surface area contributed by atoms with Gasteiger partial charge in [-0.15, -0.1) is 0 Å². The molecule has 1 unspecified atom stereocenters. The van der Waals surface area contributed by atoms with Crippen molar-refractivity contribution in [3.8, 4) is 17.2 Å². The molecular weight excluding hydrogens is 318 g/mol. The van der Waals surface area contributed by atoms with Crippen LogP contribution in [0, 0.1) is 0 Å². The SMILES string of the molecule is COc1ccc(C(c2cccnc2)N2CCNCC2)c(OC)c1OC. The quantitative estimate of drug-likeness (QED) is 0.867. The second-order valence-electron chi connectivity index (χ2n) is 5.90. The van der Waals surface area contributed by atoms with Crippen LogP contribution in [-0.2, 0) is 0 Å². The number of rotatable bonds is 6. The zero-order valence-electron chi connectivity index (χ0n) is 15.0. The van der Waals surface area contributed by atoms with Crippen LogP contribution in [0.5, 0.6) is 17.2 Å². The number of ether oxygens (including phenoxy) is 3. The van der Waals surface area contributed by atoms with Crippen LogP contribution < -0.4 is 19.5 Å². The fourth-order valence-corrected chi connectivity index (χ4v) is 3.40. The van der Waals surface area contributed by atoms with Crippen molar-refractivity contribution in [3.63, 3.8) is 0 Å². The van der Waals surface area contributed by atoms with Crippen LogP contribution in [0.1, 0.15) is 17.2 Å². The van der Waals surface area contributed by atoms with Crippen LogP contribution in [0.4, 0.5) is 0 Å². The highest BCUT2D eigenvalue weighted by molar-refractivity contribution is 5.58. The number of pyridine rings is 1. The number of nitrogens with one attached hydrogen (secondary N) is 1. The molecule has 134 valence electrons. The van der Waals surface area contributed by atoms with Crippen molar-refractivity contribution in [1.29, 1.82) is 0 Å². The molecule has 1 aliphatic rings. The Morgan fingerprint density at radius 1 is 1.00 bits per heavy atom. The third kappa shape index (κ3) is 3.55. The topological polar surface area (TPSA) is 55.9 Å². The van der Waals surface area contributed by atoms with Crippen LogP contribution in [0.2, 0.25) is 0 Å². The van der Waals surface area contributed by atoms with E-state index in [0.717, 1.165) is 37.3 Å². The van der Waals surface area contributed by atoms with Crippen molar-refractivity contribution < 1.29 is 14.2 Å². The van der Waals surface area contributed by atoms with Gasteiger partial charge in [-0.2, -0.15) is 0 Å². The van der Waals surface area contributed by atoms with Gasteiger partial charge in [-0.25, -0.2) is 0 Å². The van der Waals surface area contributed by atoms with E-state index in [1.807, 2.05) is 18.3 Å². The molecule has 1 saturated heterocycles. The molecule has 0 bridgehead atoms. The predicted octanol–water partition coefficient (Wildman–Crippen LogP) is 2.10. The molecule has 1 fully saturated rings. The fraction of sp³-hybridized carbons (Fsp3) is 0.421. The van der Waals surface area contributed by atoms with Gasteiger partial charge in [-0.3, -0.25) is 9.88 Å². The highest BCUT2D eigenvalue weighted by atomic mass is 16.5. The molecule has 1 atom stereocenters. The summed E-state index contributed by atoms with van der Waals surface area (Å²) in [6.45, 7) is 3.84. The minimum Gasteiger partial charge on any atom is -0.493 e. The van der Waals surface area contributed by atoms with E-state index in [1.54, 1.807) is 27.5 Å². The lowest BCUT2D eigenvalue weighted by Crippen LogP contribution is -2.45. The average molecular weight is 343 g/mol. The summed E-state index contributed by atoms with van der Waals surface area (Å²) in [5, 5.41) is 3.41. The van der Waals surface area contributed by atoms with Crippen molar-refractivity contribution in [1.82, 2.24) is 15.2 Å². The summed E-state index contributed by atoms with van der Waals surface area (Å²) in [4.78, 5) is 6.76. The zero-order valence-corrected chi connectivity index (χ0v) is 15.0. The van der Waals surface area contributed by atoms with Crippen molar-refractivity contribution in [2.45, 2.75) is 6.04 Å². The largest absolute Gasteiger partial charge is 0.493 e. The van der Waals surface area contributed by atoms with Gasteiger partial charge in [0.25, 0.3) is 0 Å². The maximum atomic E-state index is 5.74. The molecule has 6 nitrogen and oxygen atoms in total. The standard InChI is InChI=1S/C19H25N3O3/c1-23-16-7-6-15(18(24-2)19(16)25-3)17(14-5-4-8-21-13-14)22-11-9-20-10-12-22/h4-8,13,17,20H,9-12H2,1-3H3. The number of benzene rings is 1. The first kappa shape index (κ1) is 17.5. The highest BCUT2D eigenvalue weighted by Gasteiger charge is 2.29. The summed E-state index contributed by atoms with van der Waals surface area (Å²) < 4.78 is 16.7. The number of hydrogen-bond acceptors (Lipinski definition) is 6. The second kappa shape index (κ2) is 8.18. The maximum Gasteiger partial charge on any atom is 0.203 e. The Hall–Kier alpha value is -2.31. The molecule has 0 saturated carbocycles. The minimum atomic E-state index is 0.0468. The van der Waals surface area contributed by atoms with E-state index < -0.39 is 0 Å². The molecule has 0 amide bonds. The third-order valence-corrected chi connectivity index (χ3v) is 4.55. The summed E-state index contributed by atoms with van der Waals surface area (Å²) in [6.07, 6.45) is 3.72. The van der Waals surface area contributed by atoms with E-state index in [4.69, 9.17) is 14.2 Å². The lowest BCUT2D eigenvalue weighted by molar-refractivity contribution is 0.194. The Kier molecular flexibility index (Phi) is 5.73. The molecule has 1 aromatic heterocycles. The van der Waals surface area contributed by atoms with Gasteiger partial charge in [0.1, 0.15) is 0 Å². The molecule has 0 radical (unpaired) electrons. The molecule has 2 aromatic rings. The van der Waals surface area contributed by atoms with Gasteiger partial charge < -0.3 is 19.5 Å². The van der Waals surface area contributed by atoms with Crippen molar-refractivity contribution in [2.24, 2.45) is 0 Å². The summed E-state index contributed by atoms with van der Waals surface area (Å²) in [7, 11) is 4.93. The molecule has 2 heterocycles. The van der Waals surface area contributed by atoms with E-state index >= 15 is 0 Å². The predicted molar refractivity (Wildman–Crippen MR) is 96.6 cm³/mol. The van der Waals surface area contributed by atoms with Gasteiger partial charge in [0.05, 0.1) is 27.4 Å². The Morgan fingerprint density at radius 3 is 2.36 bits per heavy atom. The summed E-state index contributed by atoms with van der Waals surface area (Å²) in [6, 6.07) is 8.11. The summed E-state index contributed by atoms with van der Waals surface area (Å²) >= 11 is 0. The third-order valence-electron chi connectivity index (χ3n) is 4.55. The van der Waals surface area contributed by atoms with E-state index in [9.17, 15) is 0 Å². The van der Waals surface area contributed by atoms with Gasteiger partial charge in [0.2, 0.25) is 5.75 Å². The molecule has 6 heteroatoms. The van der Waals surface area contributed by atoms with E-state index in [2.05, 4.69) is 27.3 Å². The van der Waals surface area contributed by atoms with Gasteiger partial charge in [0.15, 0.2) is 11.5 Å². The van der Waals surface area contributed by atoms with Gasteiger partial charge in [-0.05, 0) is 23.8 Å². The lowest BCUT2D eigenvalue weighted by atomic mass is 9.96. The number of piperazine rings is 1. The summed E-state index contributed by atoms with van der Waals surface area (Å²) in [5.41, 5.74) is 2.19. The molecule has 25 heavy (non-hydrogen) atoms. The van der Waals surface area contributed by atoms with Crippen LogP contribution >= 0.6 is 0 Å². The van der Waals surface area contributed by atoms with Gasteiger partial charge in [0, 0.05) is 44.1 Å². The smallest absolute Gasteiger partial charge is 0.203 e. The lowest BCUT2D eigenvalue weighted by Gasteiger charge is -2.36. The fourth-order valence-electron chi connectivity index (χ4n) is 3.40. The van der Waals surface area contributed by atoms with E-state index in [-0.39, 0.29) is 6.04 Å². The molecule has 1 aromatic carbocycles. The van der Waals surface area contributed by atoms with Crippen LogP contribution in [0.25, 0.3) is 0 Å². The number of methoxy groups -OCH3 is 3. The Labute approximate surface area is 148 Å². The first-order valence-corrected chi connectivity index (χ1v) is 8.43. The first-order valence-electron chi connectivity index (χ1n) is 8.43. The van der Waals surface area contributed by atoms with Crippen molar-refractivity contribution in [2.75, 3.05) is 47.5 Å². The molecule has 3 rings (SSSR count). The molecule has 1 N–H and O–H groups in total. The number of nitrogens with zero attached hydrogens (tertiary/aromatic N) is 2. The van der Waals surface area contributed by atoms with Gasteiger partial charge >= 0.3 is 0 Å². The molecule has 0 aliphatic carbocycles. The monoisotopic (exact) mass is 343 g/mol. The highest BCUT2D eigenvalue weighted by Crippen LogP contribution is 2.45. The summed E-state index contributed by atoms with van der Waals surface area (Å²) in [5.74, 6) is 1.98. The molecule has 0 spiro atoms. The maximum absolute atomic E-state index is 5.74. The Balaban J connectivity index is 2.12. The Bertz CT molecular complexity index is 688. The Morgan fingerprint density at radius 2 is 1.76 bits per heavy atom. The van der Waals surface area contributed by atoms with E-state index in [0.29, 0.717) is 17.2 Å². The van der Waals surface area contributed by atoms with Crippen LogP contribution in [-0.4, -0.2) is 57.4 Å².